The van der Waals surface area contributed by atoms with Gasteiger partial charge in [-0.2, -0.15) is 0 Å². The summed E-state index contributed by atoms with van der Waals surface area (Å²) in [6.07, 6.45) is 4.79. The number of thiazole rings is 1. The zero-order valence-corrected chi connectivity index (χ0v) is 20.2. The molecule has 6 rings (SSSR count). The third kappa shape index (κ3) is 4.29. The molecule has 1 N–H and O–H groups in total. The number of aryl methyl sites for hydroxylation is 1. The van der Waals surface area contributed by atoms with Crippen LogP contribution in [0.1, 0.15) is 56.0 Å². The zero-order valence-electron chi connectivity index (χ0n) is 18.6. The van der Waals surface area contributed by atoms with Gasteiger partial charge in [0.05, 0.1) is 15.5 Å². The smallest absolute Gasteiger partial charge is 0.237 e. The Morgan fingerprint density at radius 2 is 1.91 bits per heavy atom. The summed E-state index contributed by atoms with van der Waals surface area (Å²) in [5.41, 5.74) is 4.10. The Bertz CT molecular complexity index is 1330. The number of hydrogen-bond acceptors (Lipinski definition) is 6. The van der Waals surface area contributed by atoms with E-state index in [1.807, 2.05) is 31.2 Å². The molecular formula is C25H25N5OS2. The minimum absolute atomic E-state index is 0.0264. The van der Waals surface area contributed by atoms with Crippen LogP contribution >= 0.6 is 23.1 Å². The van der Waals surface area contributed by atoms with Gasteiger partial charge < -0.3 is 9.88 Å². The second kappa shape index (κ2) is 8.25. The van der Waals surface area contributed by atoms with E-state index >= 15 is 0 Å². The fourth-order valence-electron chi connectivity index (χ4n) is 3.97. The average Bonchev–Trinajstić information content (AvgIpc) is 3.74. The number of rotatable bonds is 7. The number of thioether (sulfide) groups is 1. The fraction of sp³-hybridized carbons (Fsp3) is 0.360. The number of nitrogens with one attached hydrogen (secondary N) is 1. The van der Waals surface area contributed by atoms with Crippen molar-refractivity contribution in [2.45, 2.75) is 61.9 Å². The zero-order chi connectivity index (χ0) is 22.5. The first-order valence-electron chi connectivity index (χ1n) is 11.4. The molecule has 1 unspecified atom stereocenters. The molecule has 8 heteroatoms. The molecule has 168 valence electrons. The molecule has 0 spiro atoms. The molecule has 6 nitrogen and oxygen atoms in total. The largest absolute Gasteiger partial charge is 0.325 e. The van der Waals surface area contributed by atoms with Crippen LogP contribution in [0, 0.1) is 6.92 Å². The monoisotopic (exact) mass is 475 g/mol. The molecular weight excluding hydrogens is 450 g/mol. The fourth-order valence-corrected chi connectivity index (χ4v) is 5.97. The third-order valence-electron chi connectivity index (χ3n) is 6.14. The summed E-state index contributed by atoms with van der Waals surface area (Å²) in [7, 11) is 0. The number of hydrogen-bond donors (Lipinski definition) is 1. The maximum absolute atomic E-state index is 12.9. The van der Waals surface area contributed by atoms with Crippen LogP contribution in [-0.2, 0) is 4.79 Å². The Morgan fingerprint density at radius 1 is 1.12 bits per heavy atom. The maximum Gasteiger partial charge on any atom is 0.237 e. The molecule has 1 amide bonds. The van der Waals surface area contributed by atoms with Crippen LogP contribution in [0.15, 0.2) is 47.6 Å². The second-order valence-electron chi connectivity index (χ2n) is 9.03. The van der Waals surface area contributed by atoms with E-state index in [-0.39, 0.29) is 11.2 Å². The van der Waals surface area contributed by atoms with Gasteiger partial charge in [0.2, 0.25) is 5.91 Å². The highest BCUT2D eigenvalue weighted by molar-refractivity contribution is 8.00. The Labute approximate surface area is 200 Å². The van der Waals surface area contributed by atoms with E-state index in [1.165, 1.54) is 47.7 Å². The number of anilines is 1. The predicted molar refractivity (Wildman–Crippen MR) is 134 cm³/mol. The number of amides is 1. The van der Waals surface area contributed by atoms with E-state index in [4.69, 9.17) is 4.98 Å². The predicted octanol–water partition coefficient (Wildman–Crippen LogP) is 6.19. The van der Waals surface area contributed by atoms with E-state index < -0.39 is 0 Å². The molecule has 2 saturated carbocycles. The highest BCUT2D eigenvalue weighted by Crippen LogP contribution is 2.46. The molecule has 0 radical (unpaired) electrons. The highest BCUT2D eigenvalue weighted by Gasteiger charge is 2.37. The molecule has 2 aliphatic rings. The number of benzene rings is 2. The number of aromatic nitrogens is 4. The van der Waals surface area contributed by atoms with Gasteiger partial charge in [0, 0.05) is 23.2 Å². The Hall–Kier alpha value is -2.71. The maximum atomic E-state index is 12.9. The number of carbonyl (C=O) groups excluding carboxylic acids is 1. The first-order valence-corrected chi connectivity index (χ1v) is 13.1. The lowest BCUT2D eigenvalue weighted by atomic mass is 10.2. The summed E-state index contributed by atoms with van der Waals surface area (Å²) in [5.74, 6) is 1.66. The van der Waals surface area contributed by atoms with Gasteiger partial charge in [0.15, 0.2) is 5.16 Å². The molecule has 2 fully saturated rings. The van der Waals surface area contributed by atoms with Crippen molar-refractivity contribution >= 4 is 44.9 Å². The van der Waals surface area contributed by atoms with Gasteiger partial charge in [0.25, 0.3) is 0 Å². The van der Waals surface area contributed by atoms with Gasteiger partial charge >= 0.3 is 0 Å². The summed E-state index contributed by atoms with van der Waals surface area (Å²) in [5, 5.41) is 13.5. The SMILES string of the molecule is Cc1ccc2nc(-c3ccc(NC(=O)C(C)Sc4nnc(C5CC5)n4C4CC4)cc3)sc2c1. The first-order chi connectivity index (χ1) is 16.0. The van der Waals surface area contributed by atoms with Crippen molar-refractivity contribution in [3.63, 3.8) is 0 Å². The highest BCUT2D eigenvalue weighted by atomic mass is 32.2. The van der Waals surface area contributed by atoms with E-state index in [9.17, 15) is 4.79 Å². The van der Waals surface area contributed by atoms with Gasteiger partial charge in [-0.15, -0.1) is 21.5 Å². The van der Waals surface area contributed by atoms with Crippen LogP contribution in [0.25, 0.3) is 20.8 Å². The van der Waals surface area contributed by atoms with Crippen molar-refractivity contribution in [2.75, 3.05) is 5.32 Å². The van der Waals surface area contributed by atoms with Crippen molar-refractivity contribution in [2.24, 2.45) is 0 Å². The first kappa shape index (κ1) is 20.9. The van der Waals surface area contributed by atoms with Crippen LogP contribution in [0.3, 0.4) is 0 Å². The third-order valence-corrected chi connectivity index (χ3v) is 8.26. The van der Waals surface area contributed by atoms with E-state index in [1.54, 1.807) is 11.3 Å². The molecule has 1 atom stereocenters. The summed E-state index contributed by atoms with van der Waals surface area (Å²) < 4.78 is 3.48. The molecule has 0 aliphatic heterocycles. The topological polar surface area (TPSA) is 72.7 Å². The molecule has 33 heavy (non-hydrogen) atoms. The van der Waals surface area contributed by atoms with Crippen LogP contribution in [0.4, 0.5) is 5.69 Å². The molecule has 0 bridgehead atoms. The van der Waals surface area contributed by atoms with Gasteiger partial charge in [-0.05, 0) is 81.5 Å². The van der Waals surface area contributed by atoms with Crippen molar-refractivity contribution in [1.82, 2.24) is 19.7 Å². The standard InChI is InChI=1S/C25H25N5OS2/c1-14-3-12-20-21(13-14)33-24(27-20)17-6-8-18(9-7-17)26-23(31)15(2)32-25-29-28-22(16-4-5-16)30(25)19-10-11-19/h3,6-9,12-13,15-16,19H,4-5,10-11H2,1-2H3,(H,26,31). The van der Waals surface area contributed by atoms with E-state index in [0.717, 1.165) is 32.8 Å². The van der Waals surface area contributed by atoms with Crippen molar-refractivity contribution in [1.29, 1.82) is 0 Å². The normalized spacial score (nSPS) is 16.8. The molecule has 0 saturated heterocycles. The van der Waals surface area contributed by atoms with Crippen molar-refractivity contribution < 1.29 is 4.79 Å². The minimum atomic E-state index is -0.258. The molecule has 2 aromatic carbocycles. The lowest BCUT2D eigenvalue weighted by molar-refractivity contribution is -0.115. The lowest BCUT2D eigenvalue weighted by Gasteiger charge is -2.13. The van der Waals surface area contributed by atoms with Gasteiger partial charge in [-0.25, -0.2) is 4.98 Å². The van der Waals surface area contributed by atoms with Crippen LogP contribution < -0.4 is 5.32 Å². The van der Waals surface area contributed by atoms with E-state index in [0.29, 0.717) is 12.0 Å². The van der Waals surface area contributed by atoms with Crippen LogP contribution in [0.5, 0.6) is 0 Å². The van der Waals surface area contributed by atoms with Gasteiger partial charge in [0.1, 0.15) is 10.8 Å². The van der Waals surface area contributed by atoms with Crippen molar-refractivity contribution in [3.8, 4) is 10.6 Å². The number of carbonyl (C=O) groups is 1. The van der Waals surface area contributed by atoms with Crippen molar-refractivity contribution in [3.05, 3.63) is 53.9 Å². The van der Waals surface area contributed by atoms with Gasteiger partial charge in [-0.1, -0.05) is 17.8 Å². The molecule has 2 aliphatic carbocycles. The summed E-state index contributed by atoms with van der Waals surface area (Å²) >= 11 is 3.19. The number of nitrogens with zero attached hydrogens (tertiary/aromatic N) is 4. The summed E-state index contributed by atoms with van der Waals surface area (Å²) in [4.78, 5) is 17.6. The lowest BCUT2D eigenvalue weighted by Crippen LogP contribution is -2.23. The molecule has 4 aromatic rings. The Kier molecular flexibility index (Phi) is 5.22. The Morgan fingerprint density at radius 3 is 2.64 bits per heavy atom. The molecule has 2 heterocycles. The number of fused-ring (bicyclic) bond motifs is 1. The Balaban J connectivity index is 1.13. The quantitative estimate of drug-likeness (QED) is 0.322. The van der Waals surface area contributed by atoms with Crippen LogP contribution in [-0.4, -0.2) is 30.9 Å². The van der Waals surface area contributed by atoms with E-state index in [2.05, 4.69) is 45.2 Å². The average molecular weight is 476 g/mol. The molecule has 2 aromatic heterocycles. The van der Waals surface area contributed by atoms with Gasteiger partial charge in [-0.3, -0.25) is 4.79 Å². The van der Waals surface area contributed by atoms with Crippen LogP contribution in [0.2, 0.25) is 0 Å². The minimum Gasteiger partial charge on any atom is -0.325 e. The summed E-state index contributed by atoms with van der Waals surface area (Å²) in [6, 6.07) is 14.8. The second-order valence-corrected chi connectivity index (χ2v) is 11.4. The summed E-state index contributed by atoms with van der Waals surface area (Å²) in [6.45, 7) is 4.03.